The van der Waals surface area contributed by atoms with Gasteiger partial charge < -0.3 is 34.2 Å². The molecule has 0 rings (SSSR count). The van der Waals surface area contributed by atoms with Gasteiger partial charge in [0.15, 0.2) is 6.10 Å². The number of phosphoric acid groups is 2. The number of unbranched alkanes of at least 4 members (excludes halogenated alkanes) is 34. The number of hydrogen-bond donors (Lipinski definition) is 4. The van der Waals surface area contributed by atoms with Crippen LogP contribution >= 0.6 is 15.6 Å². The molecule has 0 aromatic carbocycles. The molecule has 121 heavy (non-hydrogen) atoms. The Morgan fingerprint density at radius 1 is 0.240 bits per heavy atom. The summed E-state index contributed by atoms with van der Waals surface area (Å²) in [7, 11) is -9.84. The summed E-state index contributed by atoms with van der Waals surface area (Å²) in [5.74, 6) is -1.67. The molecule has 0 amide bonds. The van der Waals surface area contributed by atoms with Crippen molar-refractivity contribution in [2.45, 2.75) is 399 Å². The quantitative estimate of drug-likeness (QED) is 0.0146. The first-order valence-corrected chi connectivity index (χ1v) is 50.7. The molecule has 0 radical (unpaired) electrons. The molecule has 0 heterocycles. The second-order valence-corrected chi connectivity index (χ2v) is 34.3. The van der Waals surface area contributed by atoms with Crippen molar-refractivity contribution in [2.75, 3.05) is 39.6 Å². The van der Waals surface area contributed by atoms with Gasteiger partial charge in [-0.3, -0.25) is 32.5 Å². The minimum absolute atomic E-state index is 0.0247. The van der Waals surface area contributed by atoms with E-state index in [4.69, 9.17) is 32.3 Å². The van der Waals surface area contributed by atoms with Crippen molar-refractivity contribution in [2.24, 2.45) is 0 Å². The highest BCUT2D eigenvalue weighted by molar-refractivity contribution is 7.47. The number of rotatable bonds is 89. The number of aliphatic hydroxyl groups excluding tert-OH is 2. The Hall–Kier alpha value is -5.61. The van der Waals surface area contributed by atoms with Crippen molar-refractivity contribution in [1.29, 1.82) is 0 Å². The predicted octanol–water partition coefficient (Wildman–Crippen LogP) is 29.8. The third-order valence-electron chi connectivity index (χ3n) is 19.8. The van der Waals surface area contributed by atoms with Crippen LogP contribution in [-0.4, -0.2) is 95.9 Å². The minimum Gasteiger partial charge on any atom is -0.463 e. The summed E-state index contributed by atoms with van der Waals surface area (Å²) in [6.07, 6.45) is 125. The van der Waals surface area contributed by atoms with Gasteiger partial charge >= 0.3 is 33.6 Å². The zero-order valence-corrected chi connectivity index (χ0v) is 77.9. The molecular weight excluding hydrogens is 1560 g/mol. The normalized spacial score (nSPS) is 14.6. The summed E-state index contributed by atoms with van der Waals surface area (Å²) < 4.78 is 61.4. The zero-order chi connectivity index (χ0) is 87.9. The SMILES string of the molecule is CC/C=C\C/C=C\C/C=C\C/C=C\C/C=C\C/C=C\CCCCCCCCCCCCCCCCC(=O)OCC(O)COP(=O)(O)OCC(O)COP(=O)(O)OCC(COC(=O)CCCCCCCCCCCCCCCCCCC/C=C\C/C=C\C/C=C\C/C=C\CCCCC)OC(=O)CC/C=C\C/C=C\C/C=C\C/C=C\C/C=C\C/C=C\CC. The first-order valence-electron chi connectivity index (χ1n) is 47.7. The second kappa shape index (κ2) is 93.5. The molecule has 18 heteroatoms. The van der Waals surface area contributed by atoms with Crippen molar-refractivity contribution >= 4 is 33.6 Å². The fourth-order valence-electron chi connectivity index (χ4n) is 12.6. The number of aliphatic hydroxyl groups is 2. The third-order valence-corrected chi connectivity index (χ3v) is 21.7. The maximum atomic E-state index is 13.0. The van der Waals surface area contributed by atoms with Crippen molar-refractivity contribution < 1.29 is 75.8 Å². The van der Waals surface area contributed by atoms with Crippen LogP contribution in [0.15, 0.2) is 194 Å². The monoisotopic (exact) mass is 1730 g/mol. The Morgan fingerprint density at radius 3 is 0.727 bits per heavy atom. The van der Waals surface area contributed by atoms with Crippen LogP contribution in [0.2, 0.25) is 0 Å². The fraction of sp³-hybridized carbons (Fsp3) is 0.660. The average Bonchev–Trinajstić information content (AvgIpc) is 0.895. The molecular formula is C103H172O16P2. The van der Waals surface area contributed by atoms with Gasteiger partial charge in [0.25, 0.3) is 0 Å². The standard InChI is InChI=1S/C103H172O16P2/c1-4-7-10-13-16-19-22-25-28-31-34-36-38-40-42-44-46-48-50-52-54-56-58-60-63-65-68-71-74-77-80-83-86-89-101(106)113-92-98(104)93-115-120(109,110)116-94-99(105)95-117-121(111,112)118-97-100(119-103(108)91-88-85-82-79-76-73-70-67-62-33-30-27-24-21-18-15-12-9-6-3)96-114-102(107)90-87-84-81-78-75-72-69-66-64-61-59-57-55-53-51-49-47-45-43-41-39-37-35-32-29-26-23-20-17-14-11-8-5-2/h7,9-10,12,16-21,25-30,34-37,40-43,46,48,62,67,73,76,82,85,98-100,104-105H,4-6,8,11,13-15,22-24,31-33,38-39,44-45,47,49-61,63-66,68-72,74-75,77-81,83-84,86-97H2,1-3H3,(H,109,110)(H,111,112)/b10-7-,12-9-,19-16-,20-17-,21-18-,28-25-,29-26-,30-27-,36-34-,37-35-,42-40-,43-41-,48-46-,67-62-,76-73-,85-82-. The van der Waals surface area contributed by atoms with Gasteiger partial charge in [-0.25, -0.2) is 9.13 Å². The van der Waals surface area contributed by atoms with Crippen molar-refractivity contribution in [3.63, 3.8) is 0 Å². The summed E-state index contributed by atoms with van der Waals surface area (Å²) >= 11 is 0. The van der Waals surface area contributed by atoms with Gasteiger partial charge in [0, 0.05) is 19.3 Å². The molecule has 0 aliphatic rings. The van der Waals surface area contributed by atoms with Crippen LogP contribution in [0.1, 0.15) is 380 Å². The first-order chi connectivity index (χ1) is 59.2. The first kappa shape index (κ1) is 115. The molecule has 4 N–H and O–H groups in total. The molecule has 0 aliphatic carbocycles. The highest BCUT2D eigenvalue weighted by Gasteiger charge is 2.29. The molecule has 16 nitrogen and oxygen atoms in total. The van der Waals surface area contributed by atoms with E-state index in [2.05, 4.69) is 197 Å². The van der Waals surface area contributed by atoms with E-state index in [-0.39, 0.29) is 19.3 Å². The largest absolute Gasteiger partial charge is 0.472 e. The van der Waals surface area contributed by atoms with Crippen LogP contribution in [0.3, 0.4) is 0 Å². The lowest BCUT2D eigenvalue weighted by Crippen LogP contribution is -2.29. The molecule has 0 aromatic rings. The maximum absolute atomic E-state index is 13.0. The lowest BCUT2D eigenvalue weighted by atomic mass is 10.0. The number of carbonyl (C=O) groups excluding carboxylic acids is 3. The zero-order valence-electron chi connectivity index (χ0n) is 76.1. The summed E-state index contributed by atoms with van der Waals surface area (Å²) in [5.41, 5.74) is 0. The van der Waals surface area contributed by atoms with Crippen molar-refractivity contribution in [1.82, 2.24) is 0 Å². The molecule has 0 aliphatic heterocycles. The Morgan fingerprint density at radius 2 is 0.455 bits per heavy atom. The second-order valence-electron chi connectivity index (χ2n) is 31.4. The summed E-state index contributed by atoms with van der Waals surface area (Å²) in [4.78, 5) is 59.0. The van der Waals surface area contributed by atoms with Gasteiger partial charge in [0.05, 0.1) is 26.4 Å². The number of hydrogen-bond acceptors (Lipinski definition) is 14. The van der Waals surface area contributed by atoms with Gasteiger partial charge in [0.2, 0.25) is 0 Å². The van der Waals surface area contributed by atoms with Crippen LogP contribution < -0.4 is 0 Å². The van der Waals surface area contributed by atoms with Crippen LogP contribution in [0, 0.1) is 0 Å². The number of phosphoric ester groups is 2. The number of carbonyl (C=O) groups is 3. The Kier molecular flexibility index (Phi) is 89.2. The number of allylic oxidation sites excluding steroid dienone is 32. The van der Waals surface area contributed by atoms with Crippen LogP contribution in [0.5, 0.6) is 0 Å². The van der Waals surface area contributed by atoms with E-state index >= 15 is 0 Å². The predicted molar refractivity (Wildman–Crippen MR) is 509 cm³/mol. The highest BCUT2D eigenvalue weighted by atomic mass is 31.2. The number of esters is 3. The van der Waals surface area contributed by atoms with Crippen LogP contribution in [0.25, 0.3) is 0 Å². The van der Waals surface area contributed by atoms with E-state index in [1.54, 1.807) is 0 Å². The third kappa shape index (κ3) is 94.9. The van der Waals surface area contributed by atoms with E-state index in [1.807, 2.05) is 18.2 Å². The highest BCUT2D eigenvalue weighted by Crippen LogP contribution is 2.45. The van der Waals surface area contributed by atoms with Crippen molar-refractivity contribution in [3.05, 3.63) is 194 Å². The van der Waals surface area contributed by atoms with Gasteiger partial charge in [-0.05, 0) is 154 Å². The molecule has 0 saturated carbocycles. The number of ether oxygens (including phenoxy) is 3. The van der Waals surface area contributed by atoms with Crippen LogP contribution in [-0.2, 0) is 55.8 Å². The molecule has 690 valence electrons. The van der Waals surface area contributed by atoms with Gasteiger partial charge in [-0.2, -0.15) is 0 Å². The lowest BCUT2D eigenvalue weighted by Gasteiger charge is -2.21. The lowest BCUT2D eigenvalue weighted by molar-refractivity contribution is -0.161. The molecule has 5 atom stereocenters. The molecule has 0 aromatic heterocycles. The summed E-state index contributed by atoms with van der Waals surface area (Å²) in [5, 5.41) is 20.7. The van der Waals surface area contributed by atoms with Crippen LogP contribution in [0.4, 0.5) is 0 Å². The van der Waals surface area contributed by atoms with E-state index in [9.17, 15) is 43.5 Å². The van der Waals surface area contributed by atoms with E-state index in [0.29, 0.717) is 25.7 Å². The fourth-order valence-corrected chi connectivity index (χ4v) is 14.2. The maximum Gasteiger partial charge on any atom is 0.472 e. The molecule has 0 spiro atoms. The smallest absolute Gasteiger partial charge is 0.463 e. The molecule has 0 bridgehead atoms. The topological polar surface area (TPSA) is 231 Å². The van der Waals surface area contributed by atoms with Gasteiger partial charge in [-0.15, -0.1) is 0 Å². The molecule has 0 saturated heterocycles. The van der Waals surface area contributed by atoms with E-state index < -0.39 is 91.5 Å². The van der Waals surface area contributed by atoms with E-state index in [0.717, 1.165) is 141 Å². The van der Waals surface area contributed by atoms with E-state index in [1.165, 1.54) is 173 Å². The molecule has 0 fully saturated rings. The summed E-state index contributed by atoms with van der Waals surface area (Å²) in [6, 6.07) is 0. The average molecular weight is 1730 g/mol. The van der Waals surface area contributed by atoms with Crippen molar-refractivity contribution in [3.8, 4) is 0 Å². The summed E-state index contributed by atoms with van der Waals surface area (Å²) in [6.45, 7) is 2.37. The Balaban J connectivity index is 4.56. The van der Waals surface area contributed by atoms with Gasteiger partial charge in [-0.1, -0.05) is 401 Å². The Bertz CT molecular complexity index is 2980. The molecule has 5 unspecified atom stereocenters. The van der Waals surface area contributed by atoms with Gasteiger partial charge in [0.1, 0.15) is 25.4 Å². The Labute approximate surface area is 737 Å². The minimum atomic E-state index is -4.97.